The first kappa shape index (κ1) is 13.4. The zero-order chi connectivity index (χ0) is 12.4. The Bertz CT molecular complexity index is 277. The van der Waals surface area contributed by atoms with Crippen molar-refractivity contribution >= 4 is 11.8 Å². The Morgan fingerprint density at radius 1 is 1.35 bits per heavy atom. The first-order chi connectivity index (χ1) is 8.15. The summed E-state index contributed by atoms with van der Waals surface area (Å²) in [5, 5.41) is 13.3. The van der Waals surface area contributed by atoms with E-state index in [0.717, 1.165) is 17.8 Å². The first-order valence-corrected chi connectivity index (χ1v) is 8.02. The van der Waals surface area contributed by atoms with Gasteiger partial charge in [-0.2, -0.15) is 11.8 Å². The second kappa shape index (κ2) is 5.77. The van der Waals surface area contributed by atoms with Gasteiger partial charge >= 0.3 is 0 Å². The van der Waals surface area contributed by atoms with Crippen LogP contribution in [0.4, 0.5) is 0 Å². The van der Waals surface area contributed by atoms with Crippen molar-refractivity contribution in [3.8, 4) is 0 Å². The van der Waals surface area contributed by atoms with Gasteiger partial charge in [0.15, 0.2) is 0 Å². The number of hydrogen-bond donors (Lipinski definition) is 2. The second-order valence-electron chi connectivity index (χ2n) is 5.64. The molecule has 6 unspecified atom stereocenters. The highest BCUT2D eigenvalue weighted by Crippen LogP contribution is 2.44. The van der Waals surface area contributed by atoms with E-state index in [1.54, 1.807) is 11.8 Å². The molecule has 0 heterocycles. The van der Waals surface area contributed by atoms with Crippen LogP contribution in [0.2, 0.25) is 0 Å². The second-order valence-corrected chi connectivity index (χ2v) is 6.72. The minimum Gasteiger partial charge on any atom is -0.395 e. The molecule has 2 bridgehead atoms. The van der Waals surface area contributed by atoms with Gasteiger partial charge in [0.05, 0.1) is 6.61 Å². The van der Waals surface area contributed by atoms with Crippen LogP contribution >= 0.6 is 11.8 Å². The molecule has 2 N–H and O–H groups in total. The van der Waals surface area contributed by atoms with Crippen molar-refractivity contribution in [2.45, 2.75) is 44.0 Å². The number of nitrogens with one attached hydrogen (secondary N) is 1. The minimum absolute atomic E-state index is 0.263. The van der Waals surface area contributed by atoms with E-state index < -0.39 is 0 Å². The average molecular weight is 255 g/mol. The summed E-state index contributed by atoms with van der Waals surface area (Å²) in [6, 6.07) is 0.944. The molecule has 3 heteroatoms. The molecule has 0 radical (unpaired) electrons. The minimum atomic E-state index is 0.263. The van der Waals surface area contributed by atoms with Crippen molar-refractivity contribution < 1.29 is 5.11 Å². The van der Waals surface area contributed by atoms with Crippen LogP contribution in [0.15, 0.2) is 12.2 Å². The van der Waals surface area contributed by atoms with Crippen LogP contribution in [0.3, 0.4) is 0 Å². The van der Waals surface area contributed by atoms with E-state index in [1.165, 1.54) is 12.8 Å². The van der Waals surface area contributed by atoms with E-state index in [0.29, 0.717) is 17.3 Å². The topological polar surface area (TPSA) is 32.3 Å². The monoisotopic (exact) mass is 255 g/mol. The molecule has 0 aromatic heterocycles. The molecule has 2 aliphatic carbocycles. The van der Waals surface area contributed by atoms with Crippen molar-refractivity contribution in [1.29, 1.82) is 0 Å². The lowest BCUT2D eigenvalue weighted by Crippen LogP contribution is -2.46. The van der Waals surface area contributed by atoms with Gasteiger partial charge in [0.25, 0.3) is 0 Å². The molecule has 0 aliphatic heterocycles. The van der Waals surface area contributed by atoms with E-state index in [9.17, 15) is 5.11 Å². The molecule has 0 aromatic rings. The lowest BCUT2D eigenvalue weighted by molar-refractivity contribution is 0.252. The maximum Gasteiger partial charge on any atom is 0.0564 e. The van der Waals surface area contributed by atoms with Crippen LogP contribution in [0.1, 0.15) is 26.7 Å². The van der Waals surface area contributed by atoms with Crippen molar-refractivity contribution in [3.63, 3.8) is 0 Å². The fourth-order valence-corrected chi connectivity index (χ4v) is 4.12. The fourth-order valence-electron chi connectivity index (χ4n) is 3.48. The van der Waals surface area contributed by atoms with Crippen molar-refractivity contribution in [3.05, 3.63) is 12.2 Å². The smallest absolute Gasteiger partial charge is 0.0564 e. The summed E-state index contributed by atoms with van der Waals surface area (Å²) in [5.41, 5.74) is 0. The summed E-state index contributed by atoms with van der Waals surface area (Å²) in [6.45, 7) is 4.76. The SMILES string of the molecule is CSC(CO)C(C)NC(C)C1CC2C=CC1C2. The van der Waals surface area contributed by atoms with Crippen LogP contribution in [0.25, 0.3) is 0 Å². The van der Waals surface area contributed by atoms with Crippen LogP contribution in [0.5, 0.6) is 0 Å². The van der Waals surface area contributed by atoms with Gasteiger partial charge in [-0.05, 0) is 50.7 Å². The molecule has 2 rings (SSSR count). The molecule has 17 heavy (non-hydrogen) atoms. The molecule has 2 nitrogen and oxygen atoms in total. The van der Waals surface area contributed by atoms with Crippen molar-refractivity contribution in [2.75, 3.05) is 12.9 Å². The Hall–Kier alpha value is 0.0100. The Morgan fingerprint density at radius 3 is 2.59 bits per heavy atom. The summed E-state index contributed by atoms with van der Waals surface area (Å²) in [6.07, 6.45) is 9.61. The van der Waals surface area contributed by atoms with Gasteiger partial charge in [-0.25, -0.2) is 0 Å². The Balaban J connectivity index is 1.84. The molecule has 2 aliphatic rings. The lowest BCUT2D eigenvalue weighted by atomic mass is 9.87. The molecule has 0 saturated heterocycles. The van der Waals surface area contributed by atoms with Gasteiger partial charge in [0.1, 0.15) is 0 Å². The third kappa shape index (κ3) is 2.88. The Labute approximate surface area is 109 Å². The van der Waals surface area contributed by atoms with E-state index in [-0.39, 0.29) is 6.61 Å². The quantitative estimate of drug-likeness (QED) is 0.714. The molecule has 0 aromatic carbocycles. The summed E-state index contributed by atoms with van der Waals surface area (Å²) >= 11 is 1.75. The van der Waals surface area contributed by atoms with Crippen LogP contribution in [-0.2, 0) is 0 Å². The van der Waals surface area contributed by atoms with Crippen LogP contribution in [0, 0.1) is 17.8 Å². The standard InChI is InChI=1S/C14H25NOS/c1-9(15-10(2)14(8-16)17-3)13-7-11-4-5-12(13)6-11/h4-5,9-16H,6-8H2,1-3H3. The number of allylic oxidation sites excluding steroid dienone is 2. The van der Waals surface area contributed by atoms with Gasteiger partial charge < -0.3 is 10.4 Å². The highest BCUT2D eigenvalue weighted by Gasteiger charge is 2.38. The number of hydrogen-bond acceptors (Lipinski definition) is 3. The zero-order valence-electron chi connectivity index (χ0n) is 11.1. The molecule has 1 saturated carbocycles. The predicted molar refractivity (Wildman–Crippen MR) is 75.3 cm³/mol. The predicted octanol–water partition coefficient (Wildman–Crippen LogP) is 2.29. The number of fused-ring (bicyclic) bond motifs is 2. The molecular formula is C14H25NOS. The summed E-state index contributed by atoms with van der Waals surface area (Å²) in [7, 11) is 0. The summed E-state index contributed by atoms with van der Waals surface area (Å²) in [4.78, 5) is 0. The van der Waals surface area contributed by atoms with Gasteiger partial charge in [-0.3, -0.25) is 0 Å². The fraction of sp³-hybridized carbons (Fsp3) is 0.857. The highest BCUT2D eigenvalue weighted by molar-refractivity contribution is 7.99. The third-order valence-electron chi connectivity index (χ3n) is 4.54. The Kier molecular flexibility index (Phi) is 4.56. The molecule has 98 valence electrons. The maximum absolute atomic E-state index is 9.31. The van der Waals surface area contributed by atoms with Gasteiger partial charge in [-0.15, -0.1) is 0 Å². The molecule has 0 spiro atoms. The zero-order valence-corrected chi connectivity index (χ0v) is 11.9. The van der Waals surface area contributed by atoms with E-state index in [4.69, 9.17) is 0 Å². The van der Waals surface area contributed by atoms with Gasteiger partial charge in [0.2, 0.25) is 0 Å². The van der Waals surface area contributed by atoms with Gasteiger partial charge in [-0.1, -0.05) is 12.2 Å². The normalized spacial score (nSPS) is 36.1. The first-order valence-electron chi connectivity index (χ1n) is 6.73. The van der Waals surface area contributed by atoms with Crippen molar-refractivity contribution in [2.24, 2.45) is 17.8 Å². The molecular weight excluding hydrogens is 230 g/mol. The average Bonchev–Trinajstić information content (AvgIpc) is 2.92. The van der Waals surface area contributed by atoms with Crippen LogP contribution in [-0.4, -0.2) is 35.3 Å². The van der Waals surface area contributed by atoms with E-state index >= 15 is 0 Å². The molecule has 1 fully saturated rings. The maximum atomic E-state index is 9.31. The largest absolute Gasteiger partial charge is 0.395 e. The summed E-state index contributed by atoms with van der Waals surface area (Å²) in [5.74, 6) is 2.45. The van der Waals surface area contributed by atoms with E-state index in [1.807, 2.05) is 0 Å². The van der Waals surface area contributed by atoms with Crippen molar-refractivity contribution in [1.82, 2.24) is 5.32 Å². The van der Waals surface area contributed by atoms with Crippen LogP contribution < -0.4 is 5.32 Å². The van der Waals surface area contributed by atoms with E-state index in [2.05, 4.69) is 37.6 Å². The number of thioether (sulfide) groups is 1. The third-order valence-corrected chi connectivity index (χ3v) is 5.70. The highest BCUT2D eigenvalue weighted by atomic mass is 32.2. The number of aliphatic hydroxyl groups excluding tert-OH is 1. The number of rotatable bonds is 6. The molecule has 0 amide bonds. The summed E-state index contributed by atoms with van der Waals surface area (Å²) < 4.78 is 0. The van der Waals surface area contributed by atoms with Gasteiger partial charge in [0, 0.05) is 17.3 Å². The lowest BCUT2D eigenvalue weighted by Gasteiger charge is -2.31. The Morgan fingerprint density at radius 2 is 2.12 bits per heavy atom. The number of aliphatic hydroxyl groups is 1. The molecule has 6 atom stereocenters.